The minimum absolute atomic E-state index is 0.0400. The molecule has 2 bridgehead atoms. The van der Waals surface area contributed by atoms with Gasteiger partial charge in [0.2, 0.25) is 5.91 Å². The average Bonchev–Trinajstić information content (AvgIpc) is 3.57. The van der Waals surface area contributed by atoms with Gasteiger partial charge in [0, 0.05) is 11.8 Å². The number of amides is 2. The molecule has 0 aliphatic carbocycles. The van der Waals surface area contributed by atoms with Gasteiger partial charge in [-0.3, -0.25) is 14.4 Å². The van der Waals surface area contributed by atoms with Crippen molar-refractivity contribution in [2.75, 3.05) is 24.7 Å². The molecule has 3 aliphatic heterocycles. The summed E-state index contributed by atoms with van der Waals surface area (Å²) in [5.74, 6) is -2.53. The van der Waals surface area contributed by atoms with Gasteiger partial charge >= 0.3 is 5.97 Å². The van der Waals surface area contributed by atoms with E-state index in [0.717, 1.165) is 5.56 Å². The number of aliphatic hydroxyl groups excluding tert-OH is 1. The number of hydrogen-bond donors (Lipinski definition) is 1. The molecule has 3 unspecified atom stereocenters. The molecule has 1 spiro atoms. The highest BCUT2D eigenvalue weighted by atomic mass is 35.5. The van der Waals surface area contributed by atoms with Gasteiger partial charge in [0.25, 0.3) is 5.91 Å². The second-order valence-corrected chi connectivity index (χ2v) is 12.9. The van der Waals surface area contributed by atoms with Crippen LogP contribution in [0.5, 0.6) is 0 Å². The maximum Gasteiger partial charge on any atom is 0.311 e. The first kappa shape index (κ1) is 29.4. The van der Waals surface area contributed by atoms with Crippen molar-refractivity contribution in [3.63, 3.8) is 0 Å². The summed E-state index contributed by atoms with van der Waals surface area (Å²) < 4.78 is 4.61. The molecule has 2 aromatic carbocycles. The number of nitrogens with zero attached hydrogens (tertiary/aromatic N) is 2. The first-order chi connectivity index (χ1) is 19.8. The Morgan fingerprint density at radius 3 is 2.56 bits per heavy atom. The van der Waals surface area contributed by atoms with Gasteiger partial charge in [0.15, 0.2) is 0 Å². The van der Waals surface area contributed by atoms with Gasteiger partial charge in [-0.05, 0) is 36.5 Å². The lowest BCUT2D eigenvalue weighted by Crippen LogP contribution is -2.59. The van der Waals surface area contributed by atoms with E-state index in [9.17, 15) is 19.5 Å². The lowest BCUT2D eigenvalue weighted by molar-refractivity contribution is -0.154. The van der Waals surface area contributed by atoms with E-state index in [1.165, 1.54) is 6.08 Å². The zero-order valence-electron chi connectivity index (χ0n) is 23.0. The summed E-state index contributed by atoms with van der Waals surface area (Å²) in [5.41, 5.74) is 1.45. The minimum Gasteiger partial charge on any atom is -0.461 e. The smallest absolute Gasteiger partial charge is 0.311 e. The van der Waals surface area contributed by atoms with E-state index in [1.807, 2.05) is 30.3 Å². The van der Waals surface area contributed by atoms with Crippen LogP contribution in [0.3, 0.4) is 0 Å². The molecule has 2 amide bonds. The molecule has 216 valence electrons. The fraction of sp³-hybridized carbons (Fsp3) is 0.406. The molecular weight excluding hydrogens is 560 g/mol. The van der Waals surface area contributed by atoms with E-state index < -0.39 is 34.6 Å². The summed E-state index contributed by atoms with van der Waals surface area (Å²) in [6, 6.07) is 15.1. The highest BCUT2D eigenvalue weighted by Crippen LogP contribution is 2.69. The van der Waals surface area contributed by atoms with Crippen LogP contribution in [-0.4, -0.2) is 69.6 Å². The Morgan fingerprint density at radius 2 is 1.90 bits per heavy atom. The molecule has 7 nitrogen and oxygen atoms in total. The van der Waals surface area contributed by atoms with Gasteiger partial charge < -0.3 is 19.6 Å². The molecule has 1 N–H and O–H groups in total. The van der Waals surface area contributed by atoms with Crippen molar-refractivity contribution in [1.82, 2.24) is 4.90 Å². The number of hydrogen-bond acceptors (Lipinski definition) is 6. The van der Waals surface area contributed by atoms with Crippen molar-refractivity contribution in [2.24, 2.45) is 17.8 Å². The van der Waals surface area contributed by atoms with Crippen molar-refractivity contribution < 1.29 is 24.2 Å². The number of aliphatic hydroxyl groups is 1. The zero-order chi connectivity index (χ0) is 29.3. The molecule has 7 atom stereocenters. The number of thioether (sulfide) groups is 1. The SMILES string of the molecule is C=CCOC(=O)[C@@H]1[C@@H]2CC(C)C3(S2)C(C(=O)N(CC=C)c2ccccc2Cl)N([C@@H](CO)Cc2ccccc2)C(=O)[C@H]13. The van der Waals surface area contributed by atoms with Crippen LogP contribution in [0.15, 0.2) is 79.9 Å². The lowest BCUT2D eigenvalue weighted by Gasteiger charge is -2.42. The maximum atomic E-state index is 14.8. The van der Waals surface area contributed by atoms with E-state index in [0.29, 0.717) is 23.6 Å². The van der Waals surface area contributed by atoms with Gasteiger partial charge in [-0.2, -0.15) is 0 Å². The second-order valence-electron chi connectivity index (χ2n) is 10.9. The molecule has 3 saturated heterocycles. The Morgan fingerprint density at radius 1 is 1.20 bits per heavy atom. The number of ether oxygens (including phenoxy) is 1. The summed E-state index contributed by atoms with van der Waals surface area (Å²) >= 11 is 8.14. The predicted octanol–water partition coefficient (Wildman–Crippen LogP) is 4.53. The standard InChI is InChI=1S/C32H35ClN2O5S/c1-4-15-34(24-14-10-9-13-23(24)33)30(38)28-32-20(3)17-25(41-32)26(31(39)40-16-5-2)27(32)29(37)35(28)22(19-36)18-21-11-7-6-8-12-21/h4-14,20,22,25-28,36H,1-2,15-19H2,3H3/t20?,22-,25+,26-,27+,28?,32?/m1/s1. The lowest BCUT2D eigenvalue weighted by atomic mass is 9.66. The molecule has 0 radical (unpaired) electrons. The quantitative estimate of drug-likeness (QED) is 0.304. The molecule has 0 aromatic heterocycles. The summed E-state index contributed by atoms with van der Waals surface area (Å²) in [6.45, 7) is 9.45. The van der Waals surface area contributed by atoms with Crippen molar-refractivity contribution in [2.45, 2.75) is 41.8 Å². The van der Waals surface area contributed by atoms with Gasteiger partial charge in [0.05, 0.1) is 39.9 Å². The van der Waals surface area contributed by atoms with Crippen LogP contribution in [0.25, 0.3) is 0 Å². The molecule has 3 heterocycles. The number of rotatable bonds is 11. The first-order valence-electron chi connectivity index (χ1n) is 13.9. The third-order valence-corrected chi connectivity index (χ3v) is 11.1. The number of carbonyl (C=O) groups excluding carboxylic acids is 3. The average molecular weight is 595 g/mol. The van der Waals surface area contributed by atoms with Crippen LogP contribution in [0, 0.1) is 17.8 Å². The van der Waals surface area contributed by atoms with E-state index in [1.54, 1.807) is 51.9 Å². The third kappa shape index (κ3) is 4.90. The van der Waals surface area contributed by atoms with E-state index in [2.05, 4.69) is 20.1 Å². The van der Waals surface area contributed by atoms with Crippen LogP contribution in [0.2, 0.25) is 5.02 Å². The minimum atomic E-state index is -0.931. The van der Waals surface area contributed by atoms with Crippen molar-refractivity contribution >= 4 is 46.8 Å². The summed E-state index contributed by atoms with van der Waals surface area (Å²) in [5, 5.41) is 10.9. The van der Waals surface area contributed by atoms with Gasteiger partial charge in [-0.25, -0.2) is 0 Å². The third-order valence-electron chi connectivity index (χ3n) is 8.67. The number of halogens is 1. The summed E-state index contributed by atoms with van der Waals surface area (Å²) in [6.07, 6.45) is 4.17. The van der Waals surface area contributed by atoms with Crippen LogP contribution < -0.4 is 4.90 Å². The van der Waals surface area contributed by atoms with Crippen molar-refractivity contribution in [1.29, 1.82) is 0 Å². The number of anilines is 1. The molecule has 41 heavy (non-hydrogen) atoms. The highest BCUT2D eigenvalue weighted by molar-refractivity contribution is 8.02. The molecule has 5 rings (SSSR count). The Labute approximate surface area is 250 Å². The molecule has 2 aromatic rings. The number of carbonyl (C=O) groups is 3. The Balaban J connectivity index is 1.64. The van der Waals surface area contributed by atoms with Crippen LogP contribution >= 0.6 is 23.4 Å². The zero-order valence-corrected chi connectivity index (χ0v) is 24.6. The second kappa shape index (κ2) is 12.0. The Hall–Kier alpha value is -3.07. The van der Waals surface area contributed by atoms with E-state index in [-0.39, 0.29) is 42.7 Å². The van der Waals surface area contributed by atoms with E-state index >= 15 is 0 Å². The van der Waals surface area contributed by atoms with E-state index in [4.69, 9.17) is 16.3 Å². The molecule has 9 heteroatoms. The van der Waals surface area contributed by atoms with Gasteiger partial charge in [-0.1, -0.05) is 79.7 Å². The summed E-state index contributed by atoms with van der Waals surface area (Å²) in [7, 11) is 0. The first-order valence-corrected chi connectivity index (χ1v) is 15.1. The van der Waals surface area contributed by atoms with Gasteiger partial charge in [-0.15, -0.1) is 18.3 Å². The van der Waals surface area contributed by atoms with Gasteiger partial charge in [0.1, 0.15) is 12.6 Å². The molecular formula is C32H35ClN2O5S. The fourth-order valence-corrected chi connectivity index (χ4v) is 9.66. The largest absolute Gasteiger partial charge is 0.461 e. The summed E-state index contributed by atoms with van der Waals surface area (Å²) in [4.78, 5) is 45.9. The predicted molar refractivity (Wildman–Crippen MR) is 162 cm³/mol. The number of likely N-dealkylation sites (tertiary alicyclic amines) is 1. The molecule has 3 aliphatic rings. The number of para-hydroxylation sites is 1. The number of esters is 1. The number of benzene rings is 2. The van der Waals surface area contributed by atoms with Crippen LogP contribution in [0.1, 0.15) is 18.9 Å². The highest BCUT2D eigenvalue weighted by Gasteiger charge is 2.77. The van der Waals surface area contributed by atoms with Crippen LogP contribution in [0.4, 0.5) is 5.69 Å². The Bertz CT molecular complexity index is 1340. The molecule has 0 saturated carbocycles. The normalized spacial score (nSPS) is 28.7. The topological polar surface area (TPSA) is 87.2 Å². The Kier molecular flexibility index (Phi) is 8.64. The van der Waals surface area contributed by atoms with Crippen LogP contribution in [-0.2, 0) is 25.5 Å². The maximum absolute atomic E-state index is 14.8. The fourth-order valence-electron chi connectivity index (χ4n) is 7.03. The van der Waals surface area contributed by atoms with Crippen molar-refractivity contribution in [3.05, 3.63) is 90.5 Å². The monoisotopic (exact) mass is 594 g/mol. The number of fused-ring (bicyclic) bond motifs is 1. The molecule has 3 fully saturated rings. The van der Waals surface area contributed by atoms with Crippen molar-refractivity contribution in [3.8, 4) is 0 Å².